The second-order valence-corrected chi connectivity index (χ2v) is 7.56. The van der Waals surface area contributed by atoms with Crippen LogP contribution in [-0.4, -0.2) is 27.8 Å². The summed E-state index contributed by atoms with van der Waals surface area (Å²) in [5.74, 6) is 1.07. The fourth-order valence-electron chi connectivity index (χ4n) is 2.81. The average molecular weight is 425 g/mol. The molecule has 4 rings (SSSR count). The number of nitrogens with one attached hydrogen (secondary N) is 1. The van der Waals surface area contributed by atoms with Gasteiger partial charge in [0.25, 0.3) is 5.91 Å². The number of thiazole rings is 1. The van der Waals surface area contributed by atoms with E-state index in [0.717, 1.165) is 22.7 Å². The van der Waals surface area contributed by atoms with Gasteiger partial charge in [0.2, 0.25) is 5.13 Å². The number of benzene rings is 2. The fourth-order valence-corrected chi connectivity index (χ4v) is 3.79. The van der Waals surface area contributed by atoms with Gasteiger partial charge in [-0.3, -0.25) is 4.79 Å². The molecule has 146 valence electrons. The maximum Gasteiger partial charge on any atom is 0.256 e. The number of hydrogen-bond donors (Lipinski definition) is 1. The maximum absolute atomic E-state index is 12.6. The SMILES string of the molecule is COc1ccc(-c2csc(-n3nc(C)cc3NC(=O)c3cccc(Cl)c3)n2)cc1. The van der Waals surface area contributed by atoms with Crippen LogP contribution in [0.15, 0.2) is 60.0 Å². The molecule has 0 fully saturated rings. The van der Waals surface area contributed by atoms with Crippen molar-refractivity contribution >= 4 is 34.7 Å². The Bertz CT molecular complexity index is 1170. The van der Waals surface area contributed by atoms with Gasteiger partial charge < -0.3 is 10.1 Å². The predicted molar refractivity (Wildman–Crippen MR) is 115 cm³/mol. The molecule has 0 spiro atoms. The molecule has 0 atom stereocenters. The third-order valence-electron chi connectivity index (χ3n) is 4.22. The Hall–Kier alpha value is -3.16. The van der Waals surface area contributed by atoms with Gasteiger partial charge in [-0.1, -0.05) is 17.7 Å². The van der Waals surface area contributed by atoms with Gasteiger partial charge in [0, 0.05) is 27.6 Å². The topological polar surface area (TPSA) is 69.0 Å². The van der Waals surface area contributed by atoms with Gasteiger partial charge in [0.1, 0.15) is 11.6 Å². The van der Waals surface area contributed by atoms with E-state index in [4.69, 9.17) is 16.3 Å². The number of hydrogen-bond acceptors (Lipinski definition) is 5. The normalized spacial score (nSPS) is 10.7. The molecule has 6 nitrogen and oxygen atoms in total. The lowest BCUT2D eigenvalue weighted by molar-refractivity contribution is 0.102. The summed E-state index contributed by atoms with van der Waals surface area (Å²) in [5.41, 5.74) is 3.04. The van der Waals surface area contributed by atoms with Gasteiger partial charge >= 0.3 is 0 Å². The number of amides is 1. The van der Waals surface area contributed by atoms with Crippen molar-refractivity contribution in [3.05, 3.63) is 76.3 Å². The summed E-state index contributed by atoms with van der Waals surface area (Å²) in [6.07, 6.45) is 0. The van der Waals surface area contributed by atoms with Crippen molar-refractivity contribution in [2.75, 3.05) is 12.4 Å². The minimum Gasteiger partial charge on any atom is -0.497 e. The van der Waals surface area contributed by atoms with Gasteiger partial charge in [0.05, 0.1) is 18.5 Å². The summed E-state index contributed by atoms with van der Waals surface area (Å²) in [6.45, 7) is 1.86. The molecule has 4 aromatic rings. The summed E-state index contributed by atoms with van der Waals surface area (Å²) in [7, 11) is 1.63. The summed E-state index contributed by atoms with van der Waals surface area (Å²) in [4.78, 5) is 17.3. The van der Waals surface area contributed by atoms with Crippen LogP contribution >= 0.6 is 22.9 Å². The monoisotopic (exact) mass is 424 g/mol. The van der Waals surface area contributed by atoms with Gasteiger partial charge in [0.15, 0.2) is 0 Å². The zero-order chi connectivity index (χ0) is 20.4. The van der Waals surface area contributed by atoms with Crippen molar-refractivity contribution in [2.24, 2.45) is 0 Å². The first kappa shape index (κ1) is 19.2. The molecule has 29 heavy (non-hydrogen) atoms. The first-order chi connectivity index (χ1) is 14.0. The molecule has 1 amide bonds. The molecule has 2 aromatic carbocycles. The molecule has 0 aliphatic rings. The minimum absolute atomic E-state index is 0.263. The number of carbonyl (C=O) groups is 1. The third-order valence-corrected chi connectivity index (χ3v) is 5.27. The molecule has 0 radical (unpaired) electrons. The standard InChI is InChI=1S/C21H17ClN4O2S/c1-13-10-19(24-20(27)15-4-3-5-16(22)11-15)26(25-13)21-23-18(12-29-21)14-6-8-17(28-2)9-7-14/h3-12H,1-2H3,(H,24,27). The number of methoxy groups -OCH3 is 1. The molecular weight excluding hydrogens is 408 g/mol. The molecule has 0 aliphatic heterocycles. The Kier molecular flexibility index (Phi) is 5.33. The third kappa shape index (κ3) is 4.16. The number of ether oxygens (including phenoxy) is 1. The zero-order valence-electron chi connectivity index (χ0n) is 15.7. The van der Waals surface area contributed by atoms with E-state index in [9.17, 15) is 4.79 Å². The summed E-state index contributed by atoms with van der Waals surface area (Å²) in [5, 5.41) is 10.5. The molecule has 0 aliphatic carbocycles. The Balaban J connectivity index is 1.61. The number of rotatable bonds is 5. The van der Waals surface area contributed by atoms with Gasteiger partial charge in [-0.2, -0.15) is 9.78 Å². The van der Waals surface area contributed by atoms with Crippen LogP contribution in [0.1, 0.15) is 16.1 Å². The van der Waals surface area contributed by atoms with Crippen molar-refractivity contribution < 1.29 is 9.53 Å². The van der Waals surface area contributed by atoms with E-state index in [1.165, 1.54) is 11.3 Å². The van der Waals surface area contributed by atoms with Gasteiger partial charge in [-0.05, 0) is 49.4 Å². The van der Waals surface area contributed by atoms with Crippen molar-refractivity contribution in [1.82, 2.24) is 14.8 Å². The van der Waals surface area contributed by atoms with Gasteiger partial charge in [-0.25, -0.2) is 4.98 Å². The van der Waals surface area contributed by atoms with Crippen LogP contribution in [-0.2, 0) is 0 Å². The molecule has 0 saturated carbocycles. The minimum atomic E-state index is -0.263. The number of aromatic nitrogens is 3. The van der Waals surface area contributed by atoms with Crippen LogP contribution in [0.25, 0.3) is 16.4 Å². The lowest BCUT2D eigenvalue weighted by atomic mass is 10.2. The van der Waals surface area contributed by atoms with Crippen molar-refractivity contribution in [3.63, 3.8) is 0 Å². The lowest BCUT2D eigenvalue weighted by Gasteiger charge is -2.07. The Labute approximate surface area is 176 Å². The summed E-state index contributed by atoms with van der Waals surface area (Å²) < 4.78 is 6.83. The molecular formula is C21H17ClN4O2S. The van der Waals surface area contributed by atoms with Crippen LogP contribution in [0.3, 0.4) is 0 Å². The zero-order valence-corrected chi connectivity index (χ0v) is 17.3. The highest BCUT2D eigenvalue weighted by atomic mass is 35.5. The van der Waals surface area contributed by atoms with E-state index in [-0.39, 0.29) is 5.91 Å². The van der Waals surface area contributed by atoms with Gasteiger partial charge in [-0.15, -0.1) is 11.3 Å². The number of anilines is 1. The number of carbonyl (C=O) groups excluding carboxylic acids is 1. The van der Waals surface area contributed by atoms with Crippen LogP contribution in [0, 0.1) is 6.92 Å². The van der Waals surface area contributed by atoms with E-state index in [1.54, 1.807) is 42.1 Å². The van der Waals surface area contributed by atoms with Crippen LogP contribution in [0.4, 0.5) is 5.82 Å². The van der Waals surface area contributed by atoms with Crippen LogP contribution < -0.4 is 10.1 Å². The Morgan fingerprint density at radius 1 is 1.17 bits per heavy atom. The molecule has 2 heterocycles. The number of nitrogens with zero attached hydrogens (tertiary/aromatic N) is 3. The lowest BCUT2D eigenvalue weighted by Crippen LogP contribution is -2.15. The van der Waals surface area contributed by atoms with E-state index < -0.39 is 0 Å². The van der Waals surface area contributed by atoms with E-state index in [0.29, 0.717) is 21.5 Å². The van der Waals surface area contributed by atoms with Crippen molar-refractivity contribution in [2.45, 2.75) is 6.92 Å². The van der Waals surface area contributed by atoms with Crippen LogP contribution in [0.5, 0.6) is 5.75 Å². The summed E-state index contributed by atoms with van der Waals surface area (Å²) >= 11 is 7.44. The predicted octanol–water partition coefficient (Wildman–Crippen LogP) is 5.22. The molecule has 0 unspecified atom stereocenters. The largest absolute Gasteiger partial charge is 0.497 e. The molecule has 0 saturated heterocycles. The highest BCUT2D eigenvalue weighted by Crippen LogP contribution is 2.28. The molecule has 2 aromatic heterocycles. The summed E-state index contributed by atoms with van der Waals surface area (Å²) in [6, 6.07) is 16.3. The Morgan fingerprint density at radius 2 is 1.97 bits per heavy atom. The smallest absolute Gasteiger partial charge is 0.256 e. The first-order valence-corrected chi connectivity index (χ1v) is 10.0. The molecule has 1 N–H and O–H groups in total. The average Bonchev–Trinajstić information content (AvgIpc) is 3.34. The van der Waals surface area contributed by atoms with E-state index in [1.807, 2.05) is 36.6 Å². The molecule has 0 bridgehead atoms. The van der Waals surface area contributed by atoms with Crippen LogP contribution in [0.2, 0.25) is 5.02 Å². The second kappa shape index (κ2) is 8.06. The Morgan fingerprint density at radius 3 is 2.69 bits per heavy atom. The fraction of sp³-hybridized carbons (Fsp3) is 0.0952. The first-order valence-electron chi connectivity index (χ1n) is 8.77. The molecule has 8 heteroatoms. The maximum atomic E-state index is 12.6. The van der Waals surface area contributed by atoms with E-state index >= 15 is 0 Å². The number of aryl methyl sites for hydroxylation is 1. The quantitative estimate of drug-likeness (QED) is 0.477. The van der Waals surface area contributed by atoms with Crippen molar-refractivity contribution in [3.8, 4) is 22.1 Å². The second-order valence-electron chi connectivity index (χ2n) is 6.29. The highest BCUT2D eigenvalue weighted by Gasteiger charge is 2.15. The highest BCUT2D eigenvalue weighted by molar-refractivity contribution is 7.12. The van der Waals surface area contributed by atoms with E-state index in [2.05, 4.69) is 15.4 Å². The van der Waals surface area contributed by atoms with Crippen molar-refractivity contribution in [1.29, 1.82) is 0 Å². The number of halogens is 1.